The Labute approximate surface area is 131 Å². The molecule has 1 unspecified atom stereocenters. The van der Waals surface area contributed by atoms with Crippen LogP contribution in [0.15, 0.2) is 6.07 Å². The summed E-state index contributed by atoms with van der Waals surface area (Å²) in [4.78, 5) is 15.8. The van der Waals surface area contributed by atoms with Crippen LogP contribution in [0.5, 0.6) is 0 Å². The summed E-state index contributed by atoms with van der Waals surface area (Å²) in [5.41, 5.74) is 0.975. The monoisotopic (exact) mass is 308 g/mol. The molecule has 1 heterocycles. The van der Waals surface area contributed by atoms with E-state index in [1.165, 1.54) is 11.3 Å². The molecule has 4 nitrogen and oxygen atoms in total. The minimum absolute atomic E-state index is 0.0577. The van der Waals surface area contributed by atoms with Gasteiger partial charge in [-0.15, -0.1) is 11.3 Å². The number of likely N-dealkylation sites (N-methyl/N-ethyl adjacent to an activating group) is 1. The molecule has 0 fully saturated rings. The average Bonchev–Trinajstić information content (AvgIpc) is 2.85. The van der Waals surface area contributed by atoms with Gasteiger partial charge in [0, 0.05) is 19.1 Å². The Balaban J connectivity index is 2.53. The first-order valence-corrected chi connectivity index (χ1v) is 7.99. The predicted molar refractivity (Wildman–Crippen MR) is 87.7 cm³/mol. The van der Waals surface area contributed by atoms with Gasteiger partial charge in [-0.05, 0) is 38.9 Å². The highest BCUT2D eigenvalue weighted by molar-refractivity contribution is 7.14. The van der Waals surface area contributed by atoms with Crippen molar-refractivity contribution in [1.82, 2.24) is 10.2 Å². The molecule has 0 spiro atoms. The second-order valence-electron chi connectivity index (χ2n) is 5.08. The quantitative estimate of drug-likeness (QED) is 0.789. The lowest BCUT2D eigenvalue weighted by molar-refractivity contribution is 0.0951. The van der Waals surface area contributed by atoms with E-state index in [4.69, 9.17) is 5.11 Å². The van der Waals surface area contributed by atoms with Gasteiger partial charge in [-0.3, -0.25) is 4.79 Å². The summed E-state index contributed by atoms with van der Waals surface area (Å²) >= 11 is 1.37. The van der Waals surface area contributed by atoms with Crippen molar-refractivity contribution in [2.24, 2.45) is 0 Å². The molecule has 0 aliphatic carbocycles. The lowest BCUT2D eigenvalue weighted by Gasteiger charge is -2.23. The van der Waals surface area contributed by atoms with Crippen LogP contribution in [0.2, 0.25) is 0 Å². The summed E-state index contributed by atoms with van der Waals surface area (Å²) in [6, 6.07) is 2.37. The number of carbonyl (C=O) groups is 1. The normalized spacial score (nSPS) is 11.9. The number of aryl methyl sites for hydroxylation is 1. The molecule has 0 bridgehead atoms. The third-order valence-electron chi connectivity index (χ3n) is 3.52. The molecule has 1 amide bonds. The molecular formula is C16H24N2O2S. The van der Waals surface area contributed by atoms with Crippen molar-refractivity contribution in [3.8, 4) is 11.8 Å². The van der Waals surface area contributed by atoms with Crippen LogP contribution in [0.3, 0.4) is 0 Å². The van der Waals surface area contributed by atoms with Crippen molar-refractivity contribution in [3.63, 3.8) is 0 Å². The van der Waals surface area contributed by atoms with E-state index in [1.807, 2.05) is 13.0 Å². The molecule has 1 aromatic rings. The van der Waals surface area contributed by atoms with Crippen molar-refractivity contribution in [2.45, 2.75) is 33.2 Å². The topological polar surface area (TPSA) is 52.6 Å². The summed E-state index contributed by atoms with van der Waals surface area (Å²) in [5, 5.41) is 11.7. The average molecular weight is 308 g/mol. The maximum absolute atomic E-state index is 12.1. The number of rotatable bonds is 6. The van der Waals surface area contributed by atoms with E-state index in [0.717, 1.165) is 23.4 Å². The molecule has 1 aromatic heterocycles. The largest absolute Gasteiger partial charge is 0.384 e. The zero-order valence-corrected chi connectivity index (χ0v) is 14.0. The van der Waals surface area contributed by atoms with Crippen LogP contribution in [0.1, 0.15) is 40.4 Å². The van der Waals surface area contributed by atoms with Gasteiger partial charge in [-0.1, -0.05) is 18.8 Å². The third kappa shape index (κ3) is 5.50. The van der Waals surface area contributed by atoms with Crippen molar-refractivity contribution >= 4 is 17.2 Å². The molecule has 21 heavy (non-hydrogen) atoms. The summed E-state index contributed by atoms with van der Waals surface area (Å²) in [6.07, 6.45) is 1.10. The Morgan fingerprint density at radius 1 is 1.57 bits per heavy atom. The number of thiophene rings is 1. The fourth-order valence-electron chi connectivity index (χ4n) is 1.80. The first-order valence-electron chi connectivity index (χ1n) is 7.18. The molecule has 0 saturated heterocycles. The summed E-state index contributed by atoms with van der Waals surface area (Å²) in [7, 11) is 2.07. The predicted octanol–water partition coefficient (Wildman–Crippen LogP) is 1.86. The van der Waals surface area contributed by atoms with Crippen LogP contribution in [0, 0.1) is 18.8 Å². The van der Waals surface area contributed by atoms with Gasteiger partial charge in [0.1, 0.15) is 6.61 Å². The lowest BCUT2D eigenvalue weighted by Crippen LogP contribution is -2.36. The standard InChI is InChI=1S/C16H24N2O2S/c1-5-13(3)18(4)9-8-17-16(20)15-11-12(2)14(21-15)7-6-10-19/h11,13,19H,5,8-10H2,1-4H3,(H,17,20). The molecule has 0 aliphatic rings. The number of nitrogens with one attached hydrogen (secondary N) is 1. The van der Waals surface area contributed by atoms with Crippen LogP contribution < -0.4 is 5.32 Å². The van der Waals surface area contributed by atoms with Gasteiger partial charge in [0.15, 0.2) is 0 Å². The van der Waals surface area contributed by atoms with Crippen LogP contribution in [0.25, 0.3) is 0 Å². The zero-order chi connectivity index (χ0) is 15.8. The molecule has 0 radical (unpaired) electrons. The maximum atomic E-state index is 12.1. The van der Waals surface area contributed by atoms with Gasteiger partial charge >= 0.3 is 0 Å². The highest BCUT2D eigenvalue weighted by Crippen LogP contribution is 2.20. The van der Waals surface area contributed by atoms with E-state index in [1.54, 1.807) is 0 Å². The number of aliphatic hydroxyl groups is 1. The van der Waals surface area contributed by atoms with Crippen molar-refractivity contribution < 1.29 is 9.90 Å². The minimum Gasteiger partial charge on any atom is -0.384 e. The highest BCUT2D eigenvalue weighted by Gasteiger charge is 2.12. The Hall–Kier alpha value is -1.35. The van der Waals surface area contributed by atoms with E-state index in [-0.39, 0.29) is 12.5 Å². The molecule has 0 saturated carbocycles. The number of hydrogen-bond acceptors (Lipinski definition) is 4. The van der Waals surface area contributed by atoms with Crippen LogP contribution in [-0.4, -0.2) is 48.7 Å². The van der Waals surface area contributed by atoms with Gasteiger partial charge < -0.3 is 15.3 Å². The van der Waals surface area contributed by atoms with E-state index in [2.05, 4.69) is 43.0 Å². The SMILES string of the molecule is CCC(C)N(C)CCNC(=O)c1cc(C)c(C#CCO)s1. The van der Waals surface area contributed by atoms with Crippen molar-refractivity contribution in [3.05, 3.63) is 21.4 Å². The van der Waals surface area contributed by atoms with Gasteiger partial charge in [0.05, 0.1) is 9.75 Å². The highest BCUT2D eigenvalue weighted by atomic mass is 32.1. The number of hydrogen-bond donors (Lipinski definition) is 2. The van der Waals surface area contributed by atoms with Crippen molar-refractivity contribution in [2.75, 3.05) is 26.7 Å². The van der Waals surface area contributed by atoms with Gasteiger partial charge in [-0.2, -0.15) is 0 Å². The molecule has 5 heteroatoms. The minimum atomic E-state index is -0.166. The van der Waals surface area contributed by atoms with E-state index in [9.17, 15) is 4.79 Å². The molecular weight excluding hydrogens is 284 g/mol. The lowest BCUT2D eigenvalue weighted by atomic mass is 10.2. The van der Waals surface area contributed by atoms with Gasteiger partial charge in [-0.25, -0.2) is 0 Å². The summed E-state index contributed by atoms with van der Waals surface area (Å²) < 4.78 is 0. The molecule has 0 aromatic carbocycles. The number of aliphatic hydroxyl groups excluding tert-OH is 1. The second-order valence-corrected chi connectivity index (χ2v) is 6.13. The first kappa shape index (κ1) is 17.7. The van der Waals surface area contributed by atoms with E-state index < -0.39 is 0 Å². The van der Waals surface area contributed by atoms with Gasteiger partial charge in [0.25, 0.3) is 5.91 Å². The van der Waals surface area contributed by atoms with Crippen LogP contribution >= 0.6 is 11.3 Å². The Bertz CT molecular complexity index is 528. The van der Waals surface area contributed by atoms with Gasteiger partial charge in [0.2, 0.25) is 0 Å². The number of carbonyl (C=O) groups excluding carboxylic acids is 1. The Kier molecular flexibility index (Phi) is 7.44. The first-order chi connectivity index (χ1) is 9.99. The fourth-order valence-corrected chi connectivity index (χ4v) is 2.77. The van der Waals surface area contributed by atoms with Crippen LogP contribution in [0.4, 0.5) is 0 Å². The maximum Gasteiger partial charge on any atom is 0.261 e. The molecule has 1 rings (SSSR count). The number of amides is 1. The fraction of sp³-hybridized carbons (Fsp3) is 0.562. The molecule has 1 atom stereocenters. The Morgan fingerprint density at radius 3 is 2.90 bits per heavy atom. The number of nitrogens with zero attached hydrogens (tertiary/aromatic N) is 1. The molecule has 2 N–H and O–H groups in total. The second kappa shape index (κ2) is 8.83. The summed E-state index contributed by atoms with van der Waals surface area (Å²) in [5.74, 6) is 5.42. The Morgan fingerprint density at radius 2 is 2.29 bits per heavy atom. The molecule has 0 aliphatic heterocycles. The van der Waals surface area contributed by atoms with Crippen molar-refractivity contribution in [1.29, 1.82) is 0 Å². The van der Waals surface area contributed by atoms with E-state index in [0.29, 0.717) is 17.5 Å². The van der Waals surface area contributed by atoms with E-state index >= 15 is 0 Å². The molecule has 116 valence electrons. The van der Waals surface area contributed by atoms with Crippen LogP contribution in [-0.2, 0) is 0 Å². The zero-order valence-electron chi connectivity index (χ0n) is 13.2. The smallest absolute Gasteiger partial charge is 0.261 e. The third-order valence-corrected chi connectivity index (χ3v) is 4.67. The summed E-state index contributed by atoms with van der Waals surface area (Å²) in [6.45, 7) is 7.56.